The van der Waals surface area contributed by atoms with Crippen LogP contribution in [0.25, 0.3) is 12.2 Å². The van der Waals surface area contributed by atoms with Crippen molar-refractivity contribution in [3.05, 3.63) is 79.3 Å². The average molecular weight is 595 g/mol. The minimum Gasteiger partial charge on any atom is -0.511 e. The second-order valence-electron chi connectivity index (χ2n) is 11.7. The van der Waals surface area contributed by atoms with Gasteiger partial charge in [-0.3, -0.25) is 14.6 Å². The van der Waals surface area contributed by atoms with Gasteiger partial charge in [0.15, 0.2) is 5.78 Å². The molecule has 226 valence electrons. The molecule has 8 bridgehead atoms. The monoisotopic (exact) mass is 594 g/mol. The van der Waals surface area contributed by atoms with Gasteiger partial charge in [-0.1, -0.05) is 13.8 Å². The molecule has 5 aliphatic rings. The van der Waals surface area contributed by atoms with Gasteiger partial charge in [-0.25, -0.2) is 14.8 Å². The number of esters is 1. The third-order valence-electron chi connectivity index (χ3n) is 9.29. The highest BCUT2D eigenvalue weighted by Crippen LogP contribution is 2.43. The van der Waals surface area contributed by atoms with Gasteiger partial charge < -0.3 is 19.9 Å². The molecule has 0 saturated carbocycles. The summed E-state index contributed by atoms with van der Waals surface area (Å²) in [7, 11) is 1.34. The number of aliphatic hydroxyl groups excluding tert-OH is 1. The number of fused-ring (bicyclic) bond motifs is 6. The molecule has 4 aliphatic heterocycles. The van der Waals surface area contributed by atoms with Crippen molar-refractivity contribution in [2.45, 2.75) is 60.3 Å². The number of aromatic nitrogens is 1. The van der Waals surface area contributed by atoms with E-state index < -0.39 is 5.97 Å². The molecule has 3 N–H and O–H groups in total. The number of aliphatic imine (C=N–C) groups is 3. The smallest absolute Gasteiger partial charge is 0.338 e. The Morgan fingerprint density at radius 3 is 2.43 bits per heavy atom. The molecule has 10 nitrogen and oxygen atoms in total. The van der Waals surface area contributed by atoms with E-state index in [2.05, 4.69) is 4.98 Å². The first kappa shape index (κ1) is 29.2. The van der Waals surface area contributed by atoms with E-state index in [9.17, 15) is 24.6 Å². The largest absolute Gasteiger partial charge is 0.511 e. The van der Waals surface area contributed by atoms with Crippen LogP contribution in [-0.2, 0) is 14.3 Å². The molecule has 6 rings (SSSR count). The van der Waals surface area contributed by atoms with Crippen molar-refractivity contribution in [3.8, 4) is 0 Å². The molecular formula is C34H34N4O6. The van der Waals surface area contributed by atoms with E-state index in [0.29, 0.717) is 80.7 Å². The molecule has 1 aromatic rings. The number of carboxylic acids is 1. The number of aliphatic hydroxyl groups is 1. The first-order valence-corrected chi connectivity index (χ1v) is 14.8. The molecule has 5 heterocycles. The summed E-state index contributed by atoms with van der Waals surface area (Å²) in [6.45, 7) is 9.58. The SMILES string of the molecule is CCC1=C(C)C2=Cc3[nH]c(c(C)c3C(=O)O)C=C3N=C(C4=C(O)CC(=O)C5=C(C)C(=CC1=N2)N=C45)C(CCC(=O)OC)C3C. The van der Waals surface area contributed by atoms with Crippen LogP contribution in [0.15, 0.2) is 71.8 Å². The molecule has 10 heteroatoms. The van der Waals surface area contributed by atoms with E-state index in [1.54, 1.807) is 13.0 Å². The molecule has 1 aromatic heterocycles. The Kier molecular flexibility index (Phi) is 7.10. The van der Waals surface area contributed by atoms with E-state index in [4.69, 9.17) is 19.7 Å². The third kappa shape index (κ3) is 4.47. The van der Waals surface area contributed by atoms with Gasteiger partial charge in [-0.15, -0.1) is 0 Å². The van der Waals surface area contributed by atoms with Gasteiger partial charge in [-0.2, -0.15) is 0 Å². The van der Waals surface area contributed by atoms with Crippen LogP contribution in [0.4, 0.5) is 0 Å². The number of Topliss-reactive ketones (excluding diaryl/α,β-unsaturated/α-hetero) is 1. The van der Waals surface area contributed by atoms with Gasteiger partial charge in [0.2, 0.25) is 0 Å². The molecule has 0 saturated heterocycles. The normalized spacial score (nSPS) is 22.5. The predicted molar refractivity (Wildman–Crippen MR) is 168 cm³/mol. The van der Waals surface area contributed by atoms with Crippen LogP contribution in [0, 0.1) is 18.8 Å². The van der Waals surface area contributed by atoms with Gasteiger partial charge in [0.05, 0.1) is 58.9 Å². The summed E-state index contributed by atoms with van der Waals surface area (Å²) >= 11 is 0. The summed E-state index contributed by atoms with van der Waals surface area (Å²) in [5, 5.41) is 21.5. The number of aromatic amines is 1. The van der Waals surface area contributed by atoms with Gasteiger partial charge >= 0.3 is 11.9 Å². The Bertz CT molecular complexity index is 1870. The molecular weight excluding hydrogens is 560 g/mol. The maximum absolute atomic E-state index is 13.3. The summed E-state index contributed by atoms with van der Waals surface area (Å²) in [5.74, 6) is -2.25. The van der Waals surface area contributed by atoms with Crippen LogP contribution in [0.5, 0.6) is 0 Å². The Hall–Kier alpha value is -4.86. The molecule has 0 fully saturated rings. The lowest BCUT2D eigenvalue weighted by molar-refractivity contribution is -0.140. The highest BCUT2D eigenvalue weighted by molar-refractivity contribution is 6.42. The maximum atomic E-state index is 13.3. The minimum absolute atomic E-state index is 0.108. The number of carbonyl (C=O) groups excluding carboxylic acids is 2. The van der Waals surface area contributed by atoms with Crippen LogP contribution >= 0.6 is 0 Å². The summed E-state index contributed by atoms with van der Waals surface area (Å²) in [6, 6.07) is 0. The average Bonchev–Trinajstić information content (AvgIpc) is 3.65. The number of rotatable bonds is 5. The van der Waals surface area contributed by atoms with E-state index in [-0.39, 0.29) is 47.8 Å². The van der Waals surface area contributed by atoms with Gasteiger partial charge in [0.1, 0.15) is 5.76 Å². The molecule has 2 atom stereocenters. The van der Waals surface area contributed by atoms with E-state index >= 15 is 0 Å². The van der Waals surface area contributed by atoms with E-state index in [1.165, 1.54) is 7.11 Å². The number of allylic oxidation sites excluding steroid dienone is 8. The lowest BCUT2D eigenvalue weighted by Gasteiger charge is -2.23. The predicted octanol–water partition coefficient (Wildman–Crippen LogP) is 6.00. The van der Waals surface area contributed by atoms with Crippen molar-refractivity contribution < 1.29 is 29.3 Å². The number of nitrogens with zero attached hydrogens (tertiary/aromatic N) is 3. The number of hydrogen-bond donors (Lipinski definition) is 3. The molecule has 44 heavy (non-hydrogen) atoms. The molecule has 0 aromatic carbocycles. The Morgan fingerprint density at radius 2 is 1.75 bits per heavy atom. The quantitative estimate of drug-likeness (QED) is 0.356. The number of hydrogen-bond acceptors (Lipinski definition) is 8. The lowest BCUT2D eigenvalue weighted by Crippen LogP contribution is -2.30. The Labute approximate surface area is 254 Å². The fourth-order valence-corrected chi connectivity index (χ4v) is 6.81. The number of ether oxygens (including phenoxy) is 1. The Morgan fingerprint density at radius 1 is 1.02 bits per heavy atom. The van der Waals surface area contributed by atoms with Crippen molar-refractivity contribution >= 4 is 47.0 Å². The Balaban J connectivity index is 1.66. The summed E-state index contributed by atoms with van der Waals surface area (Å²) < 4.78 is 4.91. The number of methoxy groups -OCH3 is 1. The molecule has 1 aliphatic carbocycles. The fraction of sp³-hybridized carbons (Fsp3) is 0.353. The number of ketones is 1. The molecule has 2 unspecified atom stereocenters. The number of nitrogens with one attached hydrogen (secondary N) is 1. The second kappa shape index (κ2) is 10.7. The van der Waals surface area contributed by atoms with E-state index in [0.717, 1.165) is 11.1 Å². The summed E-state index contributed by atoms with van der Waals surface area (Å²) in [6.07, 6.45) is 6.49. The molecule has 0 spiro atoms. The third-order valence-corrected chi connectivity index (χ3v) is 9.29. The fourth-order valence-electron chi connectivity index (χ4n) is 6.81. The van der Waals surface area contributed by atoms with Gasteiger partial charge in [0.25, 0.3) is 0 Å². The highest BCUT2D eigenvalue weighted by Gasteiger charge is 2.43. The second-order valence-corrected chi connectivity index (χ2v) is 11.7. The first-order chi connectivity index (χ1) is 20.9. The molecule has 0 radical (unpaired) electrons. The zero-order valence-electron chi connectivity index (χ0n) is 25.6. The van der Waals surface area contributed by atoms with Crippen molar-refractivity contribution in [1.29, 1.82) is 0 Å². The topological polar surface area (TPSA) is 154 Å². The highest BCUT2D eigenvalue weighted by atomic mass is 16.5. The summed E-state index contributed by atoms with van der Waals surface area (Å²) in [4.78, 5) is 56.1. The lowest BCUT2D eigenvalue weighted by atomic mass is 9.78. The van der Waals surface area contributed by atoms with Crippen LogP contribution in [0.3, 0.4) is 0 Å². The standard InChI is InChI=1S/C34H34N4O6/c1-7-18-14(2)20-12-25-29(34(42)43)16(4)22(36-25)10-21-15(3)19(8-9-28(41)44-6)32(37-21)31-27(40)13-26(39)30-17(5)23(38-33(30)31)11-24(18)35-20/h10-12,15,19,36,40H,7-9,13H2,1-6H3,(H,42,43). The maximum Gasteiger partial charge on any atom is 0.338 e. The van der Waals surface area contributed by atoms with Gasteiger partial charge in [-0.05, 0) is 74.1 Å². The zero-order chi connectivity index (χ0) is 31.6. The number of carbonyl (C=O) groups is 3. The minimum atomic E-state index is -1.06. The number of aromatic carboxylic acids is 1. The zero-order valence-corrected chi connectivity index (χ0v) is 25.6. The van der Waals surface area contributed by atoms with Crippen molar-refractivity contribution in [2.24, 2.45) is 26.8 Å². The van der Waals surface area contributed by atoms with Crippen molar-refractivity contribution in [1.82, 2.24) is 4.98 Å². The van der Waals surface area contributed by atoms with Crippen LogP contribution < -0.4 is 0 Å². The van der Waals surface area contributed by atoms with E-state index in [1.807, 2.05) is 39.8 Å². The molecule has 0 amide bonds. The van der Waals surface area contributed by atoms with Crippen LogP contribution in [-0.4, -0.2) is 57.2 Å². The van der Waals surface area contributed by atoms with Crippen molar-refractivity contribution in [3.63, 3.8) is 0 Å². The van der Waals surface area contributed by atoms with Crippen LogP contribution in [0.1, 0.15) is 80.7 Å². The summed E-state index contributed by atoms with van der Waals surface area (Å²) in [5.41, 5.74) is 8.68. The van der Waals surface area contributed by atoms with Crippen molar-refractivity contribution in [2.75, 3.05) is 7.11 Å². The first-order valence-electron chi connectivity index (χ1n) is 14.8. The van der Waals surface area contributed by atoms with Crippen LogP contribution in [0.2, 0.25) is 0 Å². The number of H-pyrrole nitrogens is 1. The number of carboxylic acid groups (broad SMARTS) is 1. The van der Waals surface area contributed by atoms with Gasteiger partial charge in [0, 0.05) is 35.2 Å².